The summed E-state index contributed by atoms with van der Waals surface area (Å²) in [4.78, 5) is 11.7. The number of aliphatic hydroxyl groups is 1. The van der Waals surface area contributed by atoms with Crippen LogP contribution in [0.3, 0.4) is 0 Å². The largest absolute Gasteiger partial charge is 0.396 e. The minimum Gasteiger partial charge on any atom is -0.396 e. The van der Waals surface area contributed by atoms with Crippen molar-refractivity contribution in [2.24, 2.45) is 11.7 Å². The Balaban J connectivity index is 4.23. The fourth-order valence-corrected chi connectivity index (χ4v) is 1.27. The van der Waals surface area contributed by atoms with E-state index in [0.29, 0.717) is 6.42 Å². The van der Waals surface area contributed by atoms with E-state index < -0.39 is 11.6 Å². The Labute approximate surface area is 92.2 Å². The summed E-state index contributed by atoms with van der Waals surface area (Å²) in [6.45, 7) is 7.79. The molecule has 0 aromatic heterocycles. The molecule has 0 saturated carbocycles. The fraction of sp³-hybridized carbons (Fsp3) is 0.909. The Hall–Kier alpha value is -0.610. The summed E-state index contributed by atoms with van der Waals surface area (Å²) >= 11 is 0. The number of hydrogen-bond donors (Lipinski definition) is 3. The van der Waals surface area contributed by atoms with Crippen LogP contribution in [-0.4, -0.2) is 29.2 Å². The molecule has 4 nitrogen and oxygen atoms in total. The van der Waals surface area contributed by atoms with Gasteiger partial charge in [-0.1, -0.05) is 20.3 Å². The van der Waals surface area contributed by atoms with Gasteiger partial charge < -0.3 is 16.2 Å². The van der Waals surface area contributed by atoms with E-state index >= 15 is 0 Å². The SMILES string of the molecule is CCC(C)C(N)C(=O)NC(C)(C)CCO. The zero-order chi connectivity index (χ0) is 12.1. The molecule has 2 unspecified atom stereocenters. The minimum absolute atomic E-state index is 0.0614. The van der Waals surface area contributed by atoms with Gasteiger partial charge in [-0.25, -0.2) is 0 Å². The number of carbonyl (C=O) groups excluding carboxylic acids is 1. The molecule has 0 bridgehead atoms. The molecular formula is C11H24N2O2. The van der Waals surface area contributed by atoms with Gasteiger partial charge in [-0.05, 0) is 26.2 Å². The van der Waals surface area contributed by atoms with Gasteiger partial charge in [-0.2, -0.15) is 0 Å². The first kappa shape index (κ1) is 14.4. The second kappa shape index (κ2) is 6.08. The molecule has 1 amide bonds. The molecule has 0 radical (unpaired) electrons. The summed E-state index contributed by atoms with van der Waals surface area (Å²) < 4.78 is 0. The average Bonchev–Trinajstić information content (AvgIpc) is 2.14. The Kier molecular flexibility index (Phi) is 5.83. The highest BCUT2D eigenvalue weighted by Gasteiger charge is 2.25. The first-order chi connectivity index (χ1) is 6.84. The fourth-order valence-electron chi connectivity index (χ4n) is 1.27. The van der Waals surface area contributed by atoms with Gasteiger partial charge in [-0.15, -0.1) is 0 Å². The second-order valence-corrected chi connectivity index (χ2v) is 4.76. The van der Waals surface area contributed by atoms with Crippen molar-refractivity contribution in [3.63, 3.8) is 0 Å². The molecule has 0 fully saturated rings. The highest BCUT2D eigenvalue weighted by Crippen LogP contribution is 2.10. The van der Waals surface area contributed by atoms with E-state index in [1.165, 1.54) is 0 Å². The normalized spacial score (nSPS) is 15.9. The zero-order valence-corrected chi connectivity index (χ0v) is 10.2. The lowest BCUT2D eigenvalue weighted by Crippen LogP contribution is -2.52. The molecule has 90 valence electrons. The number of nitrogens with one attached hydrogen (secondary N) is 1. The maximum Gasteiger partial charge on any atom is 0.237 e. The maximum absolute atomic E-state index is 11.7. The van der Waals surface area contributed by atoms with Gasteiger partial charge in [0.25, 0.3) is 0 Å². The molecule has 0 aliphatic heterocycles. The molecule has 0 rings (SSSR count). The van der Waals surface area contributed by atoms with Crippen LogP contribution < -0.4 is 11.1 Å². The second-order valence-electron chi connectivity index (χ2n) is 4.76. The van der Waals surface area contributed by atoms with Crippen LogP contribution in [0, 0.1) is 5.92 Å². The smallest absolute Gasteiger partial charge is 0.237 e. The predicted octanol–water partition coefficient (Wildman–Crippen LogP) is 0.637. The number of carbonyl (C=O) groups is 1. The summed E-state index contributed by atoms with van der Waals surface area (Å²) in [7, 11) is 0. The third-order valence-electron chi connectivity index (χ3n) is 2.76. The Bertz CT molecular complexity index is 205. The van der Waals surface area contributed by atoms with Gasteiger partial charge in [0, 0.05) is 12.1 Å². The molecule has 2 atom stereocenters. The lowest BCUT2D eigenvalue weighted by atomic mass is 9.96. The van der Waals surface area contributed by atoms with E-state index in [2.05, 4.69) is 5.32 Å². The summed E-state index contributed by atoms with van der Waals surface area (Å²) in [5.74, 6) is 0.0396. The monoisotopic (exact) mass is 216 g/mol. The number of nitrogens with two attached hydrogens (primary N) is 1. The van der Waals surface area contributed by atoms with E-state index in [1.54, 1.807) is 0 Å². The third-order valence-corrected chi connectivity index (χ3v) is 2.76. The van der Waals surface area contributed by atoms with Gasteiger partial charge in [-0.3, -0.25) is 4.79 Å². The number of hydrogen-bond acceptors (Lipinski definition) is 3. The van der Waals surface area contributed by atoms with Crippen LogP contribution in [0.25, 0.3) is 0 Å². The lowest BCUT2D eigenvalue weighted by molar-refractivity contribution is -0.125. The summed E-state index contributed by atoms with van der Waals surface area (Å²) in [6.07, 6.45) is 1.42. The summed E-state index contributed by atoms with van der Waals surface area (Å²) in [5.41, 5.74) is 5.41. The van der Waals surface area contributed by atoms with Crippen LogP contribution in [0.2, 0.25) is 0 Å². The van der Waals surface area contributed by atoms with Crippen LogP contribution in [0.15, 0.2) is 0 Å². The Morgan fingerprint density at radius 1 is 1.53 bits per heavy atom. The van der Waals surface area contributed by atoms with Crippen LogP contribution >= 0.6 is 0 Å². The molecule has 0 spiro atoms. The standard InChI is InChI=1S/C11H24N2O2/c1-5-8(2)9(12)10(15)13-11(3,4)6-7-14/h8-9,14H,5-7,12H2,1-4H3,(H,13,15). The maximum atomic E-state index is 11.7. The van der Waals surface area contributed by atoms with E-state index in [-0.39, 0.29) is 18.4 Å². The van der Waals surface area contributed by atoms with Crippen LogP contribution in [0.1, 0.15) is 40.5 Å². The highest BCUT2D eigenvalue weighted by atomic mass is 16.3. The zero-order valence-electron chi connectivity index (χ0n) is 10.2. The van der Waals surface area contributed by atoms with Crippen molar-refractivity contribution in [3.05, 3.63) is 0 Å². The molecule has 0 heterocycles. The van der Waals surface area contributed by atoms with E-state index in [1.807, 2.05) is 27.7 Å². The van der Waals surface area contributed by atoms with E-state index in [0.717, 1.165) is 6.42 Å². The van der Waals surface area contributed by atoms with Crippen molar-refractivity contribution >= 4 is 5.91 Å². The van der Waals surface area contributed by atoms with Gasteiger partial charge in [0.05, 0.1) is 6.04 Å². The average molecular weight is 216 g/mol. The van der Waals surface area contributed by atoms with Crippen LogP contribution in [0.5, 0.6) is 0 Å². The van der Waals surface area contributed by atoms with Crippen molar-refractivity contribution in [1.82, 2.24) is 5.32 Å². The molecule has 0 aromatic rings. The number of aliphatic hydroxyl groups excluding tert-OH is 1. The molecule has 4 heteroatoms. The van der Waals surface area contributed by atoms with E-state index in [9.17, 15) is 4.79 Å². The number of rotatable bonds is 6. The van der Waals surface area contributed by atoms with Crippen molar-refractivity contribution in [3.8, 4) is 0 Å². The lowest BCUT2D eigenvalue weighted by Gasteiger charge is -2.28. The van der Waals surface area contributed by atoms with E-state index in [4.69, 9.17) is 10.8 Å². The van der Waals surface area contributed by atoms with Crippen molar-refractivity contribution < 1.29 is 9.90 Å². The van der Waals surface area contributed by atoms with Gasteiger partial charge in [0.1, 0.15) is 0 Å². The molecule has 15 heavy (non-hydrogen) atoms. The van der Waals surface area contributed by atoms with Crippen molar-refractivity contribution in [2.75, 3.05) is 6.61 Å². The Morgan fingerprint density at radius 2 is 2.07 bits per heavy atom. The third kappa shape index (κ3) is 5.14. The van der Waals surface area contributed by atoms with Gasteiger partial charge >= 0.3 is 0 Å². The molecule has 0 aliphatic rings. The first-order valence-corrected chi connectivity index (χ1v) is 5.52. The molecule has 4 N–H and O–H groups in total. The van der Waals surface area contributed by atoms with Gasteiger partial charge in [0.15, 0.2) is 0 Å². The van der Waals surface area contributed by atoms with Gasteiger partial charge in [0.2, 0.25) is 5.91 Å². The van der Waals surface area contributed by atoms with Crippen LogP contribution in [-0.2, 0) is 4.79 Å². The molecular weight excluding hydrogens is 192 g/mol. The van der Waals surface area contributed by atoms with Crippen molar-refractivity contribution in [2.45, 2.75) is 52.1 Å². The molecule has 0 aliphatic carbocycles. The predicted molar refractivity (Wildman–Crippen MR) is 61.4 cm³/mol. The summed E-state index contributed by atoms with van der Waals surface area (Å²) in [6, 6.07) is -0.465. The number of amides is 1. The van der Waals surface area contributed by atoms with Crippen LogP contribution in [0.4, 0.5) is 0 Å². The molecule has 0 aromatic carbocycles. The first-order valence-electron chi connectivity index (χ1n) is 5.52. The van der Waals surface area contributed by atoms with Crippen molar-refractivity contribution in [1.29, 1.82) is 0 Å². The summed E-state index contributed by atoms with van der Waals surface area (Å²) in [5, 5.41) is 11.7. The molecule has 0 saturated heterocycles. The topological polar surface area (TPSA) is 75.4 Å². The highest BCUT2D eigenvalue weighted by molar-refractivity contribution is 5.82. The quantitative estimate of drug-likeness (QED) is 0.610. The Morgan fingerprint density at radius 3 is 2.47 bits per heavy atom. The minimum atomic E-state index is -0.465.